The van der Waals surface area contributed by atoms with Crippen molar-refractivity contribution >= 4 is 37.0 Å². The van der Waals surface area contributed by atoms with Gasteiger partial charge in [-0.1, -0.05) is 19.8 Å². The molecule has 1 fully saturated rings. The van der Waals surface area contributed by atoms with E-state index in [1.165, 1.54) is 12.8 Å². The number of carbonyl (C=O) groups is 1. The second-order valence-electron chi connectivity index (χ2n) is 5.84. The van der Waals surface area contributed by atoms with Crippen LogP contribution in [0.2, 0.25) is 0 Å². The molecule has 0 unspecified atom stereocenters. The summed E-state index contributed by atoms with van der Waals surface area (Å²) in [5, 5.41) is 4.48. The molecule has 1 aliphatic rings. The molecule has 0 aliphatic heterocycles. The molecular weight excluding hydrogens is 330 g/mol. The normalized spacial score (nSPS) is 23.0. The van der Waals surface area contributed by atoms with Crippen LogP contribution < -0.4 is 5.32 Å². The number of rotatable bonds is 4. The first-order valence-electron chi connectivity index (χ1n) is 7.10. The van der Waals surface area contributed by atoms with Crippen molar-refractivity contribution in [1.29, 1.82) is 0 Å². The molecule has 1 aromatic heterocycles. The molecular formula is C14H20ClNO3S2. The van der Waals surface area contributed by atoms with E-state index in [0.29, 0.717) is 23.6 Å². The number of thiophene rings is 1. The summed E-state index contributed by atoms with van der Waals surface area (Å²) in [6.45, 7) is 4.53. The maximum atomic E-state index is 12.2. The van der Waals surface area contributed by atoms with Gasteiger partial charge in [0.2, 0.25) is 0 Å². The van der Waals surface area contributed by atoms with Gasteiger partial charge >= 0.3 is 0 Å². The van der Waals surface area contributed by atoms with E-state index >= 15 is 0 Å². The summed E-state index contributed by atoms with van der Waals surface area (Å²) in [6, 6.07) is 0. The fraction of sp³-hybridized carbons (Fsp3) is 0.643. The smallest absolute Gasteiger partial charge is 0.271 e. The van der Waals surface area contributed by atoms with Crippen LogP contribution in [0.15, 0.2) is 9.59 Å². The van der Waals surface area contributed by atoms with Crippen LogP contribution in [0, 0.1) is 18.8 Å². The lowest BCUT2D eigenvalue weighted by atomic mass is 9.83. The SMILES string of the molecule is Cc1c(C(=O)NCC2CCC(C)CC2)csc1S(=O)(=O)Cl. The Kier molecular flexibility index (Phi) is 5.33. The maximum absolute atomic E-state index is 12.2. The number of carbonyl (C=O) groups excluding carboxylic acids is 1. The van der Waals surface area contributed by atoms with Gasteiger partial charge in [0.25, 0.3) is 15.0 Å². The third-order valence-electron chi connectivity index (χ3n) is 4.15. The molecule has 1 saturated carbocycles. The van der Waals surface area contributed by atoms with Crippen LogP contribution in [0.1, 0.15) is 48.5 Å². The molecule has 0 aromatic carbocycles. The zero-order valence-electron chi connectivity index (χ0n) is 12.2. The second-order valence-corrected chi connectivity index (χ2v) is 9.48. The van der Waals surface area contributed by atoms with E-state index in [9.17, 15) is 13.2 Å². The van der Waals surface area contributed by atoms with Crippen molar-refractivity contribution in [2.45, 2.75) is 43.7 Å². The van der Waals surface area contributed by atoms with E-state index in [1.807, 2.05) is 0 Å². The molecule has 0 saturated heterocycles. The summed E-state index contributed by atoms with van der Waals surface area (Å²) in [7, 11) is 1.57. The predicted molar refractivity (Wildman–Crippen MR) is 85.6 cm³/mol. The zero-order chi connectivity index (χ0) is 15.6. The van der Waals surface area contributed by atoms with Crippen LogP contribution in [-0.4, -0.2) is 20.9 Å². The van der Waals surface area contributed by atoms with Crippen LogP contribution in [0.3, 0.4) is 0 Å². The van der Waals surface area contributed by atoms with Gasteiger partial charge in [-0.25, -0.2) is 8.42 Å². The Balaban J connectivity index is 1.97. The van der Waals surface area contributed by atoms with Crippen LogP contribution in [-0.2, 0) is 9.05 Å². The highest BCUT2D eigenvalue weighted by atomic mass is 35.7. The molecule has 4 nitrogen and oxygen atoms in total. The van der Waals surface area contributed by atoms with Crippen molar-refractivity contribution in [1.82, 2.24) is 5.32 Å². The minimum absolute atomic E-state index is 0.0563. The Labute approximate surface area is 134 Å². The van der Waals surface area contributed by atoms with Crippen LogP contribution in [0.25, 0.3) is 0 Å². The monoisotopic (exact) mass is 349 g/mol. The number of hydrogen-bond acceptors (Lipinski definition) is 4. The van der Waals surface area contributed by atoms with Gasteiger partial charge in [-0.2, -0.15) is 0 Å². The summed E-state index contributed by atoms with van der Waals surface area (Å²) >= 11 is 0.992. The molecule has 0 atom stereocenters. The molecule has 1 amide bonds. The molecule has 7 heteroatoms. The van der Waals surface area contributed by atoms with Gasteiger partial charge in [-0.3, -0.25) is 4.79 Å². The lowest BCUT2D eigenvalue weighted by Crippen LogP contribution is -2.31. The van der Waals surface area contributed by atoms with E-state index < -0.39 is 9.05 Å². The first-order valence-corrected chi connectivity index (χ1v) is 10.3. The maximum Gasteiger partial charge on any atom is 0.271 e. The summed E-state index contributed by atoms with van der Waals surface area (Å²) < 4.78 is 22.8. The molecule has 1 aliphatic carbocycles. The van der Waals surface area contributed by atoms with Gasteiger partial charge in [-0.05, 0) is 37.2 Å². The van der Waals surface area contributed by atoms with E-state index in [2.05, 4.69) is 12.2 Å². The summed E-state index contributed by atoms with van der Waals surface area (Å²) in [6.07, 6.45) is 4.72. The van der Waals surface area contributed by atoms with Crippen molar-refractivity contribution in [2.24, 2.45) is 11.8 Å². The van der Waals surface area contributed by atoms with Gasteiger partial charge in [-0.15, -0.1) is 11.3 Å². The summed E-state index contributed by atoms with van der Waals surface area (Å²) in [5.41, 5.74) is 0.841. The fourth-order valence-corrected chi connectivity index (χ4v) is 5.28. The second kappa shape index (κ2) is 6.67. The van der Waals surface area contributed by atoms with Crippen LogP contribution in [0.4, 0.5) is 0 Å². The Morgan fingerprint density at radius 3 is 2.52 bits per heavy atom. The zero-order valence-corrected chi connectivity index (χ0v) is 14.6. The van der Waals surface area contributed by atoms with Gasteiger partial charge in [0.05, 0.1) is 5.56 Å². The topological polar surface area (TPSA) is 63.2 Å². The number of halogens is 1. The fourth-order valence-electron chi connectivity index (χ4n) is 2.73. The molecule has 1 heterocycles. The first-order chi connectivity index (χ1) is 9.79. The molecule has 0 spiro atoms. The number of nitrogens with one attached hydrogen (secondary N) is 1. The van der Waals surface area contributed by atoms with Crippen LogP contribution in [0.5, 0.6) is 0 Å². The highest BCUT2D eigenvalue weighted by Crippen LogP contribution is 2.30. The van der Waals surface area contributed by atoms with Crippen molar-refractivity contribution in [3.05, 3.63) is 16.5 Å². The highest BCUT2D eigenvalue weighted by Gasteiger charge is 2.23. The summed E-state index contributed by atoms with van der Waals surface area (Å²) in [4.78, 5) is 12.2. The Morgan fingerprint density at radius 2 is 2.00 bits per heavy atom. The Bertz CT molecular complexity index is 616. The molecule has 0 bridgehead atoms. The van der Waals surface area contributed by atoms with E-state index in [0.717, 1.165) is 30.1 Å². The van der Waals surface area contributed by atoms with Crippen molar-refractivity contribution in [3.8, 4) is 0 Å². The predicted octanol–water partition coefficient (Wildman–Crippen LogP) is 3.54. The minimum Gasteiger partial charge on any atom is -0.352 e. The van der Waals surface area contributed by atoms with Crippen molar-refractivity contribution in [3.63, 3.8) is 0 Å². The number of hydrogen-bond donors (Lipinski definition) is 1. The average molecular weight is 350 g/mol. The molecule has 21 heavy (non-hydrogen) atoms. The molecule has 0 radical (unpaired) electrons. The first kappa shape index (κ1) is 16.8. The standard InChI is InChI=1S/C14H20ClNO3S2/c1-9-3-5-11(6-4-9)7-16-13(17)12-8-20-14(10(12)2)21(15,18)19/h8-9,11H,3-7H2,1-2H3,(H,16,17). The Morgan fingerprint density at radius 1 is 1.38 bits per heavy atom. The molecule has 1 N–H and O–H groups in total. The molecule has 2 rings (SSSR count). The molecule has 1 aromatic rings. The van der Waals surface area contributed by atoms with Gasteiger partial charge in [0.15, 0.2) is 0 Å². The van der Waals surface area contributed by atoms with Crippen LogP contribution >= 0.6 is 22.0 Å². The third-order valence-corrected chi connectivity index (χ3v) is 7.45. The molecule has 118 valence electrons. The minimum atomic E-state index is -3.78. The highest BCUT2D eigenvalue weighted by molar-refractivity contribution is 8.15. The average Bonchev–Trinajstić information content (AvgIpc) is 2.79. The largest absolute Gasteiger partial charge is 0.352 e. The lowest BCUT2D eigenvalue weighted by Gasteiger charge is -2.26. The van der Waals surface area contributed by atoms with E-state index in [-0.39, 0.29) is 10.1 Å². The van der Waals surface area contributed by atoms with Gasteiger partial charge in [0, 0.05) is 22.6 Å². The third kappa shape index (κ3) is 4.20. The van der Waals surface area contributed by atoms with E-state index in [4.69, 9.17) is 10.7 Å². The number of amides is 1. The lowest BCUT2D eigenvalue weighted by molar-refractivity contribution is 0.0941. The summed E-state index contributed by atoms with van der Waals surface area (Å²) in [5.74, 6) is 1.10. The van der Waals surface area contributed by atoms with Crippen molar-refractivity contribution < 1.29 is 13.2 Å². The van der Waals surface area contributed by atoms with Gasteiger partial charge < -0.3 is 5.32 Å². The van der Waals surface area contributed by atoms with E-state index in [1.54, 1.807) is 12.3 Å². The van der Waals surface area contributed by atoms with Gasteiger partial charge in [0.1, 0.15) is 4.21 Å². The Hall–Kier alpha value is -0.590. The van der Waals surface area contributed by atoms with Crippen molar-refractivity contribution in [2.75, 3.05) is 6.54 Å². The quantitative estimate of drug-likeness (QED) is 0.845.